The van der Waals surface area contributed by atoms with Crippen molar-refractivity contribution in [1.82, 2.24) is 0 Å². The van der Waals surface area contributed by atoms with Crippen molar-refractivity contribution < 1.29 is 38.5 Å². The number of carbonyl (C=O) groups excluding carboxylic acids is 3. The molecule has 0 bridgehead atoms. The molecule has 0 fully saturated rings. The summed E-state index contributed by atoms with van der Waals surface area (Å²) in [7, 11) is 0.554. The molecule has 0 heterocycles. The lowest BCUT2D eigenvalue weighted by atomic mass is 9.67. The zero-order chi connectivity index (χ0) is 28.0. The summed E-state index contributed by atoms with van der Waals surface area (Å²) in [6.07, 6.45) is 0.0298. The summed E-state index contributed by atoms with van der Waals surface area (Å²) >= 11 is 0. The lowest BCUT2D eigenvalue weighted by Gasteiger charge is -2.50. The first-order valence-electron chi connectivity index (χ1n) is 13.2. The summed E-state index contributed by atoms with van der Waals surface area (Å²) in [4.78, 5) is 40.6. The Labute approximate surface area is 224 Å². The van der Waals surface area contributed by atoms with Crippen molar-refractivity contribution in [1.29, 1.82) is 0 Å². The second kappa shape index (κ2) is 10.3. The molecule has 2 aromatic rings. The quantitative estimate of drug-likeness (QED) is 0.288. The van der Waals surface area contributed by atoms with Crippen LogP contribution in [-0.2, 0) is 18.7 Å². The number of benzene rings is 2. The van der Waals surface area contributed by atoms with Crippen LogP contribution in [0.4, 0.5) is 0 Å². The summed E-state index contributed by atoms with van der Waals surface area (Å²) in [6, 6.07) is 8.39. The molecule has 4 rings (SSSR count). The maximum Gasteiger partial charge on any atom is 0.316 e. The number of rotatable bonds is 8. The minimum absolute atomic E-state index is 0.0232. The van der Waals surface area contributed by atoms with E-state index in [1.807, 2.05) is 6.92 Å². The number of esters is 1. The van der Waals surface area contributed by atoms with E-state index in [1.54, 1.807) is 0 Å². The summed E-state index contributed by atoms with van der Waals surface area (Å²) in [5, 5.41) is 21.9. The molecule has 0 amide bonds. The highest BCUT2D eigenvalue weighted by atomic mass is 28.4. The fraction of sp³-hybridized carbons (Fsp3) is 0.483. The average molecular weight is 541 g/mol. The van der Waals surface area contributed by atoms with Crippen molar-refractivity contribution in [2.45, 2.75) is 76.3 Å². The van der Waals surface area contributed by atoms with E-state index >= 15 is 0 Å². The molecule has 0 saturated heterocycles. The van der Waals surface area contributed by atoms with Crippen molar-refractivity contribution in [2.75, 3.05) is 14.2 Å². The third-order valence-electron chi connectivity index (χ3n) is 8.72. The van der Waals surface area contributed by atoms with Crippen LogP contribution in [0.2, 0.25) is 18.1 Å². The molecule has 2 aliphatic rings. The number of hydrogen-bond acceptors (Lipinski definition) is 8. The van der Waals surface area contributed by atoms with E-state index in [0.29, 0.717) is 12.0 Å². The predicted molar refractivity (Wildman–Crippen MR) is 144 cm³/mol. The maximum absolute atomic E-state index is 13.6. The van der Waals surface area contributed by atoms with Crippen molar-refractivity contribution in [3.8, 4) is 11.5 Å². The number of fused-ring (bicyclic) bond motifs is 3. The molecule has 204 valence electrons. The van der Waals surface area contributed by atoms with Gasteiger partial charge in [0, 0.05) is 30.2 Å². The van der Waals surface area contributed by atoms with Crippen molar-refractivity contribution in [3.63, 3.8) is 0 Å². The summed E-state index contributed by atoms with van der Waals surface area (Å²) < 4.78 is 18.2. The molecule has 2 N–H and O–H groups in total. The van der Waals surface area contributed by atoms with E-state index in [9.17, 15) is 24.6 Å². The lowest BCUT2D eigenvalue weighted by Crippen LogP contribution is -2.55. The van der Waals surface area contributed by atoms with Crippen LogP contribution in [0.25, 0.3) is 0 Å². The predicted octanol–water partition coefficient (Wildman–Crippen LogP) is 5.39. The first kappa shape index (κ1) is 28.0. The Bertz CT molecular complexity index is 1290. The van der Waals surface area contributed by atoms with Gasteiger partial charge in [-0.15, -0.1) is 0 Å². The molecule has 0 spiro atoms. The van der Waals surface area contributed by atoms with Crippen molar-refractivity contribution in [2.24, 2.45) is 0 Å². The van der Waals surface area contributed by atoms with Gasteiger partial charge in [0.2, 0.25) is 5.78 Å². The van der Waals surface area contributed by atoms with Gasteiger partial charge >= 0.3 is 5.97 Å². The third kappa shape index (κ3) is 3.99. The zero-order valence-electron chi connectivity index (χ0n) is 22.8. The van der Waals surface area contributed by atoms with Crippen LogP contribution in [0.15, 0.2) is 24.3 Å². The topological polar surface area (TPSA) is 119 Å². The van der Waals surface area contributed by atoms with E-state index in [0.717, 1.165) is 18.1 Å². The molecule has 0 aliphatic heterocycles. The number of ether oxygens (including phenoxy) is 2. The molecular weight excluding hydrogens is 504 g/mol. The molecule has 0 radical (unpaired) electrons. The van der Waals surface area contributed by atoms with Gasteiger partial charge in [0.05, 0.1) is 29.9 Å². The smallest absolute Gasteiger partial charge is 0.316 e. The number of phenols is 2. The minimum atomic E-state index is -2.26. The van der Waals surface area contributed by atoms with Gasteiger partial charge in [-0.05, 0) is 42.2 Å². The zero-order valence-corrected chi connectivity index (χ0v) is 23.8. The molecule has 2 aromatic carbocycles. The second-order valence-electron chi connectivity index (χ2n) is 10.2. The number of carbonyl (C=O) groups is 3. The van der Waals surface area contributed by atoms with Crippen LogP contribution < -0.4 is 0 Å². The van der Waals surface area contributed by atoms with Gasteiger partial charge in [-0.25, -0.2) is 0 Å². The van der Waals surface area contributed by atoms with Crippen LogP contribution in [0, 0.1) is 0 Å². The van der Waals surface area contributed by atoms with Gasteiger partial charge in [0.15, 0.2) is 14.1 Å². The fourth-order valence-electron chi connectivity index (χ4n) is 6.33. The first-order valence-corrected chi connectivity index (χ1v) is 15.7. The lowest BCUT2D eigenvalue weighted by molar-refractivity contribution is -0.152. The standard InChI is InChI=1S/C29H36O8Si/c1-7-29(37-38(8-2,9-3)10-4)15-20(35-5)22-17(24(29)28(34)36-6)14-18-23(27(22)33)26(32)21-16(25(18)31)12-11-13-19(21)30/h11-14,20,24,30,33H,7-10,15H2,1-6H3/t20-,24+,29+/m1/s1. The second-order valence-corrected chi connectivity index (χ2v) is 14.8. The number of ketones is 2. The van der Waals surface area contributed by atoms with E-state index in [-0.39, 0.29) is 40.0 Å². The van der Waals surface area contributed by atoms with E-state index in [1.165, 1.54) is 38.5 Å². The largest absolute Gasteiger partial charge is 0.507 e. The molecule has 38 heavy (non-hydrogen) atoms. The normalized spacial score (nSPS) is 22.5. The van der Waals surface area contributed by atoms with E-state index < -0.39 is 49.2 Å². The van der Waals surface area contributed by atoms with Crippen LogP contribution >= 0.6 is 0 Å². The highest BCUT2D eigenvalue weighted by molar-refractivity contribution is 6.73. The number of methoxy groups -OCH3 is 2. The highest BCUT2D eigenvalue weighted by Gasteiger charge is 2.55. The fourth-order valence-corrected chi connectivity index (χ4v) is 9.47. The van der Waals surface area contributed by atoms with E-state index in [4.69, 9.17) is 13.9 Å². The molecule has 0 saturated carbocycles. The van der Waals surface area contributed by atoms with Crippen LogP contribution in [0.1, 0.15) is 95.5 Å². The molecule has 3 atom stereocenters. The third-order valence-corrected chi connectivity index (χ3v) is 13.4. The summed E-state index contributed by atoms with van der Waals surface area (Å²) in [5.41, 5.74) is -0.681. The summed E-state index contributed by atoms with van der Waals surface area (Å²) in [6.45, 7) is 8.29. The monoisotopic (exact) mass is 540 g/mol. The SMILES string of the molecule is CC[C@]1(O[Si](CC)(CC)CC)C[C@@H](OC)c2c(cc3c(c2O)C(=O)c2c(O)cccc2C3=O)[C@H]1C(=O)OC. The maximum atomic E-state index is 13.6. The molecule has 0 aromatic heterocycles. The first-order chi connectivity index (χ1) is 18.1. The van der Waals surface area contributed by atoms with Gasteiger partial charge in [0.1, 0.15) is 17.4 Å². The Kier molecular flexibility index (Phi) is 7.57. The highest BCUT2D eigenvalue weighted by Crippen LogP contribution is 2.55. The molecule has 9 heteroatoms. The molecule has 0 unspecified atom stereocenters. The van der Waals surface area contributed by atoms with Crippen molar-refractivity contribution in [3.05, 3.63) is 57.6 Å². The Hall–Kier alpha value is -3.01. The van der Waals surface area contributed by atoms with Gasteiger partial charge < -0.3 is 24.1 Å². The Morgan fingerprint density at radius 1 is 1.00 bits per heavy atom. The molecule has 8 nitrogen and oxygen atoms in total. The summed E-state index contributed by atoms with van der Waals surface area (Å²) in [5.74, 6) is -3.41. The average Bonchev–Trinajstić information content (AvgIpc) is 2.93. The van der Waals surface area contributed by atoms with Crippen LogP contribution in [0.5, 0.6) is 11.5 Å². The Balaban J connectivity index is 2.03. The van der Waals surface area contributed by atoms with Crippen LogP contribution in [0.3, 0.4) is 0 Å². The van der Waals surface area contributed by atoms with Crippen molar-refractivity contribution >= 4 is 25.9 Å². The van der Waals surface area contributed by atoms with Gasteiger partial charge in [-0.1, -0.05) is 39.8 Å². The van der Waals surface area contributed by atoms with E-state index in [2.05, 4.69) is 20.8 Å². The number of hydrogen-bond donors (Lipinski definition) is 2. The van der Waals surface area contributed by atoms with Gasteiger partial charge in [0.25, 0.3) is 0 Å². The number of aromatic hydroxyl groups is 2. The van der Waals surface area contributed by atoms with Gasteiger partial charge in [-0.2, -0.15) is 0 Å². The Morgan fingerprint density at radius 3 is 2.21 bits per heavy atom. The van der Waals surface area contributed by atoms with Gasteiger partial charge in [-0.3, -0.25) is 14.4 Å². The molecular formula is C29H36O8Si. The van der Waals surface area contributed by atoms with Crippen LogP contribution in [-0.4, -0.2) is 55.9 Å². The Morgan fingerprint density at radius 2 is 1.66 bits per heavy atom. The number of phenolic OH excluding ortho intramolecular Hbond substituents is 2. The molecule has 2 aliphatic carbocycles. The minimum Gasteiger partial charge on any atom is -0.507 e.